The summed E-state index contributed by atoms with van der Waals surface area (Å²) in [5, 5.41) is -0.478. The Bertz CT molecular complexity index is 686. The first-order chi connectivity index (χ1) is 9.88. The molecule has 0 heterocycles. The minimum absolute atomic E-state index is 0.0710. The summed E-state index contributed by atoms with van der Waals surface area (Å²) in [5.74, 6) is -0.619. The third kappa shape index (κ3) is 2.57. The highest BCUT2D eigenvalue weighted by molar-refractivity contribution is 7.90. The number of amides is 1. The zero-order valence-corrected chi connectivity index (χ0v) is 12.6. The van der Waals surface area contributed by atoms with Crippen molar-refractivity contribution in [2.24, 2.45) is 11.8 Å². The molecule has 21 heavy (non-hydrogen) atoms. The van der Waals surface area contributed by atoms with E-state index in [9.17, 15) is 17.6 Å². The predicted molar refractivity (Wildman–Crippen MR) is 76.8 cm³/mol. The van der Waals surface area contributed by atoms with Crippen LogP contribution < -0.4 is 4.72 Å². The van der Waals surface area contributed by atoms with Gasteiger partial charge in [0.15, 0.2) is 0 Å². The molecule has 0 radical (unpaired) electrons. The number of halogens is 1. The molecular weight excluding hydrogens is 293 g/mol. The third-order valence-corrected chi connectivity index (χ3v) is 6.66. The van der Waals surface area contributed by atoms with Crippen molar-refractivity contribution in [1.29, 1.82) is 0 Å². The van der Waals surface area contributed by atoms with Gasteiger partial charge in [-0.1, -0.05) is 12.5 Å². The van der Waals surface area contributed by atoms with Gasteiger partial charge >= 0.3 is 0 Å². The zero-order valence-electron chi connectivity index (χ0n) is 11.8. The maximum absolute atomic E-state index is 13.5. The van der Waals surface area contributed by atoms with Gasteiger partial charge in [-0.15, -0.1) is 0 Å². The fourth-order valence-corrected chi connectivity index (χ4v) is 5.48. The van der Waals surface area contributed by atoms with Gasteiger partial charge in [0.1, 0.15) is 5.82 Å². The van der Waals surface area contributed by atoms with E-state index in [4.69, 9.17) is 0 Å². The number of hydrogen-bond acceptors (Lipinski definition) is 3. The van der Waals surface area contributed by atoms with Gasteiger partial charge in [-0.25, -0.2) is 17.5 Å². The molecule has 1 amide bonds. The van der Waals surface area contributed by atoms with E-state index < -0.39 is 27.0 Å². The highest BCUT2D eigenvalue weighted by Crippen LogP contribution is 2.47. The minimum Gasteiger partial charge on any atom is -0.268 e. The van der Waals surface area contributed by atoms with Gasteiger partial charge in [0.2, 0.25) is 10.0 Å². The summed E-state index contributed by atoms with van der Waals surface area (Å²) in [6.45, 7) is 1.47. The Hall–Kier alpha value is -1.43. The molecule has 2 saturated carbocycles. The van der Waals surface area contributed by atoms with Crippen molar-refractivity contribution >= 4 is 15.9 Å². The molecule has 1 aromatic rings. The first-order valence-electron chi connectivity index (χ1n) is 7.19. The Morgan fingerprint density at radius 1 is 1.29 bits per heavy atom. The van der Waals surface area contributed by atoms with E-state index in [2.05, 4.69) is 4.72 Å². The number of fused-ring (bicyclic) bond motifs is 2. The van der Waals surface area contributed by atoms with Crippen molar-refractivity contribution in [3.63, 3.8) is 0 Å². The lowest BCUT2D eigenvalue weighted by atomic mass is 10.0. The second kappa shape index (κ2) is 5.09. The van der Waals surface area contributed by atoms with E-state index in [1.54, 1.807) is 0 Å². The minimum atomic E-state index is -3.69. The Morgan fingerprint density at radius 3 is 2.67 bits per heavy atom. The van der Waals surface area contributed by atoms with Crippen molar-refractivity contribution < 1.29 is 17.6 Å². The van der Waals surface area contributed by atoms with Crippen molar-refractivity contribution in [3.05, 3.63) is 35.1 Å². The standard InChI is InChI=1S/C15H18FNO3S/c1-9-12(3-2-4-13(9)16)15(18)17-21(19,20)14-8-10-5-6-11(14)7-10/h2-4,10-11,14H,5-8H2,1H3,(H,17,18)/t10-,11+,14?/m1/s1. The van der Waals surface area contributed by atoms with Gasteiger partial charge < -0.3 is 0 Å². The van der Waals surface area contributed by atoms with E-state index in [-0.39, 0.29) is 17.0 Å². The van der Waals surface area contributed by atoms with Crippen LogP contribution in [0.1, 0.15) is 41.6 Å². The normalized spacial score (nSPS) is 27.8. The van der Waals surface area contributed by atoms with Crippen LogP contribution in [0.25, 0.3) is 0 Å². The summed E-state index contributed by atoms with van der Waals surface area (Å²) in [5.41, 5.74) is 0.236. The molecule has 6 heteroatoms. The maximum atomic E-state index is 13.5. The average Bonchev–Trinajstić information content (AvgIpc) is 3.04. The molecule has 3 atom stereocenters. The lowest BCUT2D eigenvalue weighted by Gasteiger charge is -2.22. The first kappa shape index (κ1) is 14.5. The molecule has 2 fully saturated rings. The molecule has 4 nitrogen and oxygen atoms in total. The number of hydrogen-bond donors (Lipinski definition) is 1. The van der Waals surface area contributed by atoms with Crippen LogP contribution in [-0.2, 0) is 10.0 Å². The molecule has 2 bridgehead atoms. The zero-order chi connectivity index (χ0) is 15.2. The number of rotatable bonds is 3. The third-order valence-electron chi connectivity index (χ3n) is 4.82. The molecule has 0 spiro atoms. The van der Waals surface area contributed by atoms with Crippen molar-refractivity contribution in [2.45, 2.75) is 37.9 Å². The Balaban J connectivity index is 1.79. The largest absolute Gasteiger partial charge is 0.268 e. The highest BCUT2D eigenvalue weighted by atomic mass is 32.2. The van der Waals surface area contributed by atoms with Crippen LogP contribution in [-0.4, -0.2) is 19.6 Å². The summed E-state index contributed by atoms with van der Waals surface area (Å²) in [6.07, 6.45) is 3.59. The summed E-state index contributed by atoms with van der Waals surface area (Å²) in [4.78, 5) is 12.1. The summed E-state index contributed by atoms with van der Waals surface area (Å²) in [7, 11) is -3.69. The van der Waals surface area contributed by atoms with Gasteiger partial charge in [0, 0.05) is 5.56 Å². The predicted octanol–water partition coefficient (Wildman–Crippen LogP) is 2.38. The lowest BCUT2D eigenvalue weighted by molar-refractivity contribution is 0.0979. The molecule has 2 aliphatic rings. The molecule has 0 saturated heterocycles. The number of sulfonamides is 1. The van der Waals surface area contributed by atoms with Crippen molar-refractivity contribution in [1.82, 2.24) is 4.72 Å². The van der Waals surface area contributed by atoms with Gasteiger partial charge in [-0.05, 0) is 55.7 Å². The molecule has 0 aromatic heterocycles. The van der Waals surface area contributed by atoms with Crippen LogP contribution in [0.3, 0.4) is 0 Å². The summed E-state index contributed by atoms with van der Waals surface area (Å²) >= 11 is 0. The highest BCUT2D eigenvalue weighted by Gasteiger charge is 2.46. The number of carbonyl (C=O) groups is 1. The molecule has 3 rings (SSSR count). The molecule has 1 N–H and O–H groups in total. The van der Waals surface area contributed by atoms with Crippen LogP contribution >= 0.6 is 0 Å². The van der Waals surface area contributed by atoms with E-state index in [0.717, 1.165) is 19.3 Å². The smallest absolute Gasteiger partial charge is 0.265 e. The Kier molecular flexibility index (Phi) is 3.51. The molecule has 1 unspecified atom stereocenters. The Labute approximate surface area is 123 Å². The van der Waals surface area contributed by atoms with Crippen LogP contribution in [0.4, 0.5) is 4.39 Å². The van der Waals surface area contributed by atoms with Crippen LogP contribution in [0.5, 0.6) is 0 Å². The van der Waals surface area contributed by atoms with Crippen molar-refractivity contribution in [3.8, 4) is 0 Å². The molecular formula is C15H18FNO3S. The summed E-state index contributed by atoms with van der Waals surface area (Å²) < 4.78 is 40.4. The van der Waals surface area contributed by atoms with Crippen LogP contribution in [0, 0.1) is 24.6 Å². The number of nitrogens with one attached hydrogen (secondary N) is 1. The molecule has 0 aliphatic heterocycles. The van der Waals surface area contributed by atoms with Gasteiger partial charge in [-0.2, -0.15) is 0 Å². The fraction of sp³-hybridized carbons (Fsp3) is 0.533. The van der Waals surface area contributed by atoms with Gasteiger partial charge in [0.05, 0.1) is 5.25 Å². The fourth-order valence-electron chi connectivity index (χ4n) is 3.68. The quantitative estimate of drug-likeness (QED) is 0.932. The van der Waals surface area contributed by atoms with E-state index in [1.807, 2.05) is 0 Å². The Morgan fingerprint density at radius 2 is 2.05 bits per heavy atom. The van der Waals surface area contributed by atoms with Gasteiger partial charge in [0.25, 0.3) is 5.91 Å². The van der Waals surface area contributed by atoms with E-state index in [1.165, 1.54) is 25.1 Å². The SMILES string of the molecule is Cc1c(F)cccc1C(=O)NS(=O)(=O)C1C[C@@H]2CC[C@H]1C2. The average molecular weight is 311 g/mol. The number of carbonyl (C=O) groups excluding carboxylic acids is 1. The lowest BCUT2D eigenvalue weighted by Crippen LogP contribution is -2.41. The number of benzene rings is 1. The topological polar surface area (TPSA) is 63.2 Å². The van der Waals surface area contributed by atoms with Gasteiger partial charge in [-0.3, -0.25) is 4.79 Å². The van der Waals surface area contributed by atoms with Crippen LogP contribution in [0.2, 0.25) is 0 Å². The van der Waals surface area contributed by atoms with Crippen molar-refractivity contribution in [2.75, 3.05) is 0 Å². The van der Waals surface area contributed by atoms with E-state index in [0.29, 0.717) is 12.3 Å². The van der Waals surface area contributed by atoms with Crippen LogP contribution in [0.15, 0.2) is 18.2 Å². The second-order valence-electron chi connectivity index (χ2n) is 6.10. The van der Waals surface area contributed by atoms with E-state index >= 15 is 0 Å². The monoisotopic (exact) mass is 311 g/mol. The molecule has 2 aliphatic carbocycles. The first-order valence-corrected chi connectivity index (χ1v) is 8.74. The molecule has 114 valence electrons. The molecule has 1 aromatic carbocycles. The maximum Gasteiger partial charge on any atom is 0.265 e. The summed E-state index contributed by atoms with van der Waals surface area (Å²) in [6, 6.07) is 4.09. The second-order valence-corrected chi connectivity index (χ2v) is 8.00.